The zero-order valence-corrected chi connectivity index (χ0v) is 22.6. The number of nitrogens with one attached hydrogen (secondary N) is 2. The summed E-state index contributed by atoms with van der Waals surface area (Å²) in [5.41, 5.74) is 5.74. The SMILES string of the molecule is O=C(Oc1ccc(Br)cc1C=NNC(=O)c1[nH]c2ccc(Cl)cc2c1-c1ccccc1Cl)c1ccccc1. The number of benzene rings is 4. The molecule has 0 atom stereocenters. The molecule has 6 nitrogen and oxygen atoms in total. The van der Waals surface area contributed by atoms with Crippen molar-refractivity contribution in [2.24, 2.45) is 5.10 Å². The Morgan fingerprint density at radius 3 is 2.47 bits per heavy atom. The quantitative estimate of drug-likeness (QED) is 0.0892. The summed E-state index contributed by atoms with van der Waals surface area (Å²) in [5.74, 6) is -0.703. The lowest BCUT2D eigenvalue weighted by Crippen LogP contribution is -2.19. The Morgan fingerprint density at radius 1 is 0.921 bits per heavy atom. The van der Waals surface area contributed by atoms with E-state index in [0.29, 0.717) is 32.3 Å². The van der Waals surface area contributed by atoms with Crippen molar-refractivity contribution in [2.75, 3.05) is 0 Å². The summed E-state index contributed by atoms with van der Waals surface area (Å²) in [5, 5.41) is 5.90. The highest BCUT2D eigenvalue weighted by Gasteiger charge is 2.21. The topological polar surface area (TPSA) is 83.5 Å². The van der Waals surface area contributed by atoms with Gasteiger partial charge in [-0.15, -0.1) is 0 Å². The summed E-state index contributed by atoms with van der Waals surface area (Å²) in [6.45, 7) is 0. The molecule has 0 fully saturated rings. The first-order valence-electron chi connectivity index (χ1n) is 11.4. The van der Waals surface area contributed by atoms with Crippen molar-refractivity contribution in [3.8, 4) is 16.9 Å². The van der Waals surface area contributed by atoms with Gasteiger partial charge in [0.1, 0.15) is 11.4 Å². The Balaban J connectivity index is 1.44. The largest absolute Gasteiger partial charge is 0.422 e. The number of H-pyrrole nitrogens is 1. The van der Waals surface area contributed by atoms with Gasteiger partial charge in [-0.2, -0.15) is 5.10 Å². The summed E-state index contributed by atoms with van der Waals surface area (Å²) in [6, 6.07) is 26.3. The van der Waals surface area contributed by atoms with E-state index in [4.69, 9.17) is 27.9 Å². The maximum atomic E-state index is 13.3. The fourth-order valence-corrected chi connectivity index (χ4v) is 4.72. The highest BCUT2D eigenvalue weighted by atomic mass is 79.9. The molecule has 0 saturated heterocycles. The molecule has 1 aromatic heterocycles. The Hall–Kier alpha value is -3.91. The van der Waals surface area contributed by atoms with E-state index in [1.54, 1.807) is 66.7 Å². The smallest absolute Gasteiger partial charge is 0.343 e. The van der Waals surface area contributed by atoms with E-state index in [0.717, 1.165) is 15.4 Å². The van der Waals surface area contributed by atoms with E-state index in [2.05, 4.69) is 31.4 Å². The van der Waals surface area contributed by atoms with Gasteiger partial charge in [0.05, 0.1) is 11.8 Å². The molecule has 1 amide bonds. The van der Waals surface area contributed by atoms with E-state index < -0.39 is 11.9 Å². The number of nitrogens with zero attached hydrogens (tertiary/aromatic N) is 1. The number of rotatable bonds is 6. The van der Waals surface area contributed by atoms with Gasteiger partial charge >= 0.3 is 5.97 Å². The molecule has 0 spiro atoms. The highest BCUT2D eigenvalue weighted by molar-refractivity contribution is 9.10. The van der Waals surface area contributed by atoms with Crippen LogP contribution in [0.1, 0.15) is 26.4 Å². The number of fused-ring (bicyclic) bond motifs is 1. The van der Waals surface area contributed by atoms with Crippen LogP contribution in [-0.2, 0) is 0 Å². The van der Waals surface area contributed by atoms with Crippen LogP contribution in [0.3, 0.4) is 0 Å². The van der Waals surface area contributed by atoms with Gasteiger partial charge in [0.2, 0.25) is 0 Å². The van der Waals surface area contributed by atoms with Crippen LogP contribution in [0.5, 0.6) is 5.75 Å². The lowest BCUT2D eigenvalue weighted by molar-refractivity contribution is 0.0734. The molecule has 38 heavy (non-hydrogen) atoms. The van der Waals surface area contributed by atoms with E-state index in [-0.39, 0.29) is 11.4 Å². The van der Waals surface area contributed by atoms with Crippen molar-refractivity contribution in [2.45, 2.75) is 0 Å². The molecule has 2 N–H and O–H groups in total. The molecule has 188 valence electrons. The normalized spacial score (nSPS) is 11.1. The van der Waals surface area contributed by atoms with Gasteiger partial charge in [0.25, 0.3) is 5.91 Å². The van der Waals surface area contributed by atoms with Gasteiger partial charge in [-0.3, -0.25) is 4.79 Å². The van der Waals surface area contributed by atoms with E-state index in [1.807, 2.05) is 24.3 Å². The number of aromatic nitrogens is 1. The molecule has 4 aromatic carbocycles. The van der Waals surface area contributed by atoms with Gasteiger partial charge in [-0.1, -0.05) is 75.5 Å². The number of hydrogen-bond acceptors (Lipinski definition) is 4. The summed E-state index contributed by atoms with van der Waals surface area (Å²) >= 11 is 16.1. The molecule has 0 bridgehead atoms. The summed E-state index contributed by atoms with van der Waals surface area (Å²) < 4.78 is 6.32. The Kier molecular flexibility index (Phi) is 7.60. The fraction of sp³-hybridized carbons (Fsp3) is 0. The minimum atomic E-state index is -0.507. The lowest BCUT2D eigenvalue weighted by atomic mass is 10.0. The number of amides is 1. The molecule has 1 heterocycles. The summed E-state index contributed by atoms with van der Waals surface area (Å²) in [4.78, 5) is 29.0. The van der Waals surface area contributed by atoms with Crippen LogP contribution < -0.4 is 10.2 Å². The number of carbonyl (C=O) groups excluding carboxylic acids is 2. The van der Waals surface area contributed by atoms with Crippen molar-refractivity contribution in [3.63, 3.8) is 0 Å². The monoisotopic (exact) mass is 605 g/mol. The number of esters is 1. The molecule has 0 saturated carbocycles. The third-order valence-electron chi connectivity index (χ3n) is 5.68. The molecular weight excluding hydrogens is 589 g/mol. The van der Waals surface area contributed by atoms with Crippen LogP contribution in [0, 0.1) is 0 Å². The number of hydrogen-bond donors (Lipinski definition) is 2. The van der Waals surface area contributed by atoms with Crippen LogP contribution in [0.4, 0.5) is 0 Å². The predicted molar refractivity (Wildman–Crippen MR) is 154 cm³/mol. The number of aromatic amines is 1. The second-order valence-corrected chi connectivity index (χ2v) is 9.94. The Bertz CT molecular complexity index is 1700. The van der Waals surface area contributed by atoms with Crippen molar-refractivity contribution >= 4 is 68.1 Å². The molecule has 0 unspecified atom stereocenters. The molecule has 5 aromatic rings. The van der Waals surface area contributed by atoms with Crippen molar-refractivity contribution < 1.29 is 14.3 Å². The molecule has 9 heteroatoms. The van der Waals surface area contributed by atoms with Crippen molar-refractivity contribution in [1.29, 1.82) is 0 Å². The molecular formula is C29H18BrCl2N3O3. The van der Waals surface area contributed by atoms with Crippen LogP contribution in [0.2, 0.25) is 10.0 Å². The van der Waals surface area contributed by atoms with Gasteiger partial charge in [-0.25, -0.2) is 10.2 Å². The number of hydrazone groups is 1. The standard InChI is InChI=1S/C29H18BrCl2N3O3/c30-19-10-13-25(38-29(37)17-6-2-1-3-7-17)18(14-19)16-33-35-28(36)27-26(21-8-4-5-9-23(21)32)22-15-20(31)11-12-24(22)34-27/h1-16,34H,(H,35,36). The Morgan fingerprint density at radius 2 is 1.68 bits per heavy atom. The average Bonchev–Trinajstić information content (AvgIpc) is 3.29. The maximum absolute atomic E-state index is 13.3. The highest BCUT2D eigenvalue weighted by Crippen LogP contribution is 2.37. The average molecular weight is 607 g/mol. The zero-order valence-electron chi connectivity index (χ0n) is 19.5. The predicted octanol–water partition coefficient (Wildman–Crippen LogP) is 7.89. The van der Waals surface area contributed by atoms with Crippen LogP contribution in [0.25, 0.3) is 22.0 Å². The Labute approximate surface area is 236 Å². The summed E-state index contributed by atoms with van der Waals surface area (Å²) in [6.07, 6.45) is 1.41. The molecule has 5 rings (SSSR count). The molecule has 0 aliphatic carbocycles. The van der Waals surface area contributed by atoms with Crippen LogP contribution >= 0.6 is 39.1 Å². The first kappa shape index (κ1) is 25.7. The number of carbonyl (C=O) groups is 2. The van der Waals surface area contributed by atoms with Gasteiger partial charge in [0, 0.05) is 42.1 Å². The minimum Gasteiger partial charge on any atom is -0.422 e. The second-order valence-electron chi connectivity index (χ2n) is 8.18. The zero-order chi connectivity index (χ0) is 26.6. The summed E-state index contributed by atoms with van der Waals surface area (Å²) in [7, 11) is 0. The maximum Gasteiger partial charge on any atom is 0.343 e. The van der Waals surface area contributed by atoms with E-state index >= 15 is 0 Å². The minimum absolute atomic E-state index is 0.275. The number of ether oxygens (including phenoxy) is 1. The second kappa shape index (κ2) is 11.2. The van der Waals surface area contributed by atoms with Crippen molar-refractivity contribution in [1.82, 2.24) is 10.4 Å². The van der Waals surface area contributed by atoms with Crippen LogP contribution in [0.15, 0.2) is 101 Å². The molecule has 0 radical (unpaired) electrons. The van der Waals surface area contributed by atoms with E-state index in [1.165, 1.54) is 6.21 Å². The van der Waals surface area contributed by atoms with Crippen LogP contribution in [-0.4, -0.2) is 23.1 Å². The number of halogens is 3. The third kappa shape index (κ3) is 5.50. The van der Waals surface area contributed by atoms with Gasteiger partial charge < -0.3 is 9.72 Å². The van der Waals surface area contributed by atoms with Crippen molar-refractivity contribution in [3.05, 3.63) is 122 Å². The first-order valence-corrected chi connectivity index (χ1v) is 12.9. The van der Waals surface area contributed by atoms with Gasteiger partial charge in [-0.05, 0) is 54.6 Å². The third-order valence-corrected chi connectivity index (χ3v) is 6.74. The molecule has 0 aliphatic heterocycles. The van der Waals surface area contributed by atoms with E-state index in [9.17, 15) is 9.59 Å². The lowest BCUT2D eigenvalue weighted by Gasteiger charge is -2.08. The van der Waals surface area contributed by atoms with Gasteiger partial charge in [0.15, 0.2) is 0 Å². The molecule has 0 aliphatic rings. The fourth-order valence-electron chi connectivity index (χ4n) is 3.94. The first-order chi connectivity index (χ1) is 18.4.